The van der Waals surface area contributed by atoms with Gasteiger partial charge in [-0.15, -0.1) is 0 Å². The molecule has 2 aliphatic heterocycles. The zero-order valence-corrected chi connectivity index (χ0v) is 6.25. The van der Waals surface area contributed by atoms with E-state index in [1.165, 1.54) is 0 Å². The average molecular weight is 147 g/mol. The molecule has 0 N–H and O–H groups in total. The molecule has 0 bridgehead atoms. The van der Waals surface area contributed by atoms with E-state index in [1.54, 1.807) is 0 Å². The molecule has 0 aliphatic carbocycles. The van der Waals surface area contributed by atoms with Crippen LogP contribution in [0.5, 0.6) is 0 Å². The Balaban J connectivity index is 2.59. The maximum atomic E-state index is 4.22. The number of allylic oxidation sites excluding steroid dienone is 4. The number of nitrogens with zero attached hydrogens (tertiary/aromatic N) is 1. The van der Waals surface area contributed by atoms with Gasteiger partial charge in [-0.1, -0.05) is 11.7 Å². The fourth-order valence-corrected chi connectivity index (χ4v) is 2.18. The van der Waals surface area contributed by atoms with E-state index < -0.39 is 0 Å². The Labute approximate surface area is 60.5 Å². The lowest BCUT2D eigenvalue weighted by molar-refractivity contribution is 1.52. The number of aliphatic imine (C=N–C) groups is 1. The van der Waals surface area contributed by atoms with E-state index in [-0.39, 0.29) is 7.38 Å². The number of hydrogen-bond donors (Lipinski definition) is 0. The molecule has 2 heterocycles. The second-order valence-electron chi connectivity index (χ2n) is 2.00. The molecule has 0 saturated heterocycles. The average Bonchev–Trinajstić information content (AvgIpc) is 2.05. The van der Waals surface area contributed by atoms with E-state index in [4.69, 9.17) is 0 Å². The third kappa shape index (κ3) is 0.863. The first-order valence-corrected chi connectivity index (χ1v) is 4.51. The first-order chi connectivity index (χ1) is 4.97. The molecule has 0 fully saturated rings. The van der Waals surface area contributed by atoms with E-state index in [2.05, 4.69) is 16.4 Å². The molecular weight excluding hydrogens is 141 g/mol. The number of rotatable bonds is 0. The fourth-order valence-electron chi connectivity index (χ4n) is 0.873. The summed E-state index contributed by atoms with van der Waals surface area (Å²) < 4.78 is 0. The lowest BCUT2D eigenvalue weighted by atomic mass is 10.5. The molecule has 10 heavy (non-hydrogen) atoms. The SMILES string of the molecule is C1#P2C=CC=NC2=CC=C1. The summed E-state index contributed by atoms with van der Waals surface area (Å²) in [7, 11) is -0.300. The molecule has 0 aromatic carbocycles. The Morgan fingerprint density at radius 3 is 3.30 bits per heavy atom. The minimum Gasteiger partial charge on any atom is -0.252 e. The van der Waals surface area contributed by atoms with Gasteiger partial charge in [-0.3, -0.25) is 4.99 Å². The van der Waals surface area contributed by atoms with Gasteiger partial charge in [-0.2, -0.15) is 0 Å². The Morgan fingerprint density at radius 2 is 2.40 bits per heavy atom. The van der Waals surface area contributed by atoms with Crippen molar-refractivity contribution < 1.29 is 0 Å². The van der Waals surface area contributed by atoms with Crippen molar-refractivity contribution in [2.45, 2.75) is 0 Å². The Kier molecular flexibility index (Phi) is 1.32. The molecular formula is C8H6NP. The van der Waals surface area contributed by atoms with Crippen LogP contribution < -0.4 is 0 Å². The van der Waals surface area contributed by atoms with Crippen LogP contribution in [0.25, 0.3) is 0 Å². The molecule has 0 spiro atoms. The van der Waals surface area contributed by atoms with Crippen molar-refractivity contribution in [3.8, 4) is 5.63 Å². The zero-order valence-electron chi connectivity index (χ0n) is 5.36. The summed E-state index contributed by atoms with van der Waals surface area (Å²) in [6.07, 6.45) is 9.79. The lowest BCUT2D eigenvalue weighted by Gasteiger charge is -2.03. The van der Waals surface area contributed by atoms with Gasteiger partial charge in [0.2, 0.25) is 0 Å². The first kappa shape index (κ1) is 5.73. The third-order valence-corrected chi connectivity index (χ3v) is 2.99. The normalized spacial score (nSPS) is 22.8. The Bertz CT molecular complexity index is 344. The van der Waals surface area contributed by atoms with Crippen LogP contribution in [0, 0.1) is 5.63 Å². The number of hydrogen-bond acceptors (Lipinski definition) is 1. The van der Waals surface area contributed by atoms with Crippen molar-refractivity contribution in [2.75, 3.05) is 0 Å². The highest BCUT2D eigenvalue weighted by Crippen LogP contribution is 2.36. The van der Waals surface area contributed by atoms with Crippen LogP contribution in [0.2, 0.25) is 0 Å². The van der Waals surface area contributed by atoms with Gasteiger partial charge in [0.25, 0.3) is 0 Å². The van der Waals surface area contributed by atoms with Gasteiger partial charge >= 0.3 is 0 Å². The topological polar surface area (TPSA) is 12.4 Å². The molecule has 2 aliphatic rings. The molecule has 2 rings (SSSR count). The van der Waals surface area contributed by atoms with E-state index in [0.29, 0.717) is 0 Å². The van der Waals surface area contributed by atoms with E-state index >= 15 is 0 Å². The van der Waals surface area contributed by atoms with Crippen LogP contribution in [0.4, 0.5) is 0 Å². The van der Waals surface area contributed by atoms with Gasteiger partial charge in [0, 0.05) is 6.21 Å². The summed E-state index contributed by atoms with van der Waals surface area (Å²) in [4.78, 5) is 4.22. The molecule has 2 heteroatoms. The summed E-state index contributed by atoms with van der Waals surface area (Å²) in [5.74, 6) is 2.15. The minimum absolute atomic E-state index is 0.300. The molecule has 0 saturated carbocycles. The van der Waals surface area contributed by atoms with E-state index in [9.17, 15) is 0 Å². The minimum atomic E-state index is -0.300. The lowest BCUT2D eigenvalue weighted by Crippen LogP contribution is -1.78. The van der Waals surface area contributed by atoms with Crippen molar-refractivity contribution in [1.29, 1.82) is 0 Å². The largest absolute Gasteiger partial charge is 0.252 e. The van der Waals surface area contributed by atoms with Gasteiger partial charge < -0.3 is 0 Å². The number of fused-ring (bicyclic) bond motifs is 1. The van der Waals surface area contributed by atoms with Gasteiger partial charge in [-0.05, 0) is 31.4 Å². The van der Waals surface area contributed by atoms with Crippen LogP contribution in [0.1, 0.15) is 0 Å². The highest BCUT2D eigenvalue weighted by molar-refractivity contribution is 7.55. The van der Waals surface area contributed by atoms with Crippen molar-refractivity contribution >= 4 is 13.6 Å². The van der Waals surface area contributed by atoms with E-state index in [1.807, 2.05) is 30.5 Å². The standard InChI is InChI=1S/C8H6NP/c1-2-6-10-7-3-5-9-8(10)4-1/h1-5,7H. The van der Waals surface area contributed by atoms with Gasteiger partial charge in [0.1, 0.15) is 0 Å². The molecule has 0 aromatic heterocycles. The molecule has 48 valence electrons. The van der Waals surface area contributed by atoms with Crippen molar-refractivity contribution in [1.82, 2.24) is 0 Å². The zero-order chi connectivity index (χ0) is 6.81. The summed E-state index contributed by atoms with van der Waals surface area (Å²) in [6.45, 7) is 0. The summed E-state index contributed by atoms with van der Waals surface area (Å²) in [5, 5.41) is 0. The monoisotopic (exact) mass is 147 g/mol. The molecule has 0 amide bonds. The smallest absolute Gasteiger partial charge is 0.0930 e. The van der Waals surface area contributed by atoms with Crippen molar-refractivity contribution in [3.63, 3.8) is 0 Å². The maximum absolute atomic E-state index is 4.22. The summed E-state index contributed by atoms with van der Waals surface area (Å²) in [6, 6.07) is 0. The molecule has 0 aromatic rings. The highest BCUT2D eigenvalue weighted by atomic mass is 31.1. The van der Waals surface area contributed by atoms with Crippen molar-refractivity contribution in [3.05, 3.63) is 35.6 Å². The molecule has 0 radical (unpaired) electrons. The summed E-state index contributed by atoms with van der Waals surface area (Å²) >= 11 is 0. The van der Waals surface area contributed by atoms with Crippen LogP contribution >= 0.6 is 7.38 Å². The Hall–Kier alpha value is -1.03. The van der Waals surface area contributed by atoms with Crippen LogP contribution in [0.15, 0.2) is 40.6 Å². The predicted octanol–water partition coefficient (Wildman–Crippen LogP) is 2.44. The second kappa shape index (κ2) is 2.30. The quantitative estimate of drug-likeness (QED) is 0.466. The van der Waals surface area contributed by atoms with Gasteiger partial charge in [0.05, 0.1) is 5.44 Å². The van der Waals surface area contributed by atoms with Gasteiger partial charge in [0.15, 0.2) is 0 Å². The fraction of sp³-hybridized carbons (Fsp3) is 0. The van der Waals surface area contributed by atoms with Crippen molar-refractivity contribution in [2.24, 2.45) is 4.99 Å². The predicted molar refractivity (Wildman–Crippen MR) is 45.7 cm³/mol. The molecule has 1 atom stereocenters. The Morgan fingerprint density at radius 1 is 1.40 bits per heavy atom. The molecule has 1 unspecified atom stereocenters. The van der Waals surface area contributed by atoms with Crippen LogP contribution in [0.3, 0.4) is 0 Å². The van der Waals surface area contributed by atoms with E-state index in [0.717, 1.165) is 5.44 Å². The van der Waals surface area contributed by atoms with Crippen LogP contribution in [-0.2, 0) is 0 Å². The third-order valence-electron chi connectivity index (χ3n) is 1.33. The van der Waals surface area contributed by atoms with Gasteiger partial charge in [-0.25, -0.2) is 0 Å². The summed E-state index contributed by atoms with van der Waals surface area (Å²) in [5.41, 5.74) is 4.39. The highest BCUT2D eigenvalue weighted by Gasteiger charge is 1.99. The maximum Gasteiger partial charge on any atom is 0.0930 e. The molecule has 1 nitrogen and oxygen atoms in total. The second-order valence-corrected chi connectivity index (χ2v) is 3.76. The first-order valence-electron chi connectivity index (χ1n) is 3.10. The van der Waals surface area contributed by atoms with Crippen LogP contribution in [-0.4, -0.2) is 6.21 Å².